The van der Waals surface area contributed by atoms with Crippen LogP contribution < -0.4 is 4.90 Å². The first kappa shape index (κ1) is 13.1. The van der Waals surface area contributed by atoms with Gasteiger partial charge in [0.05, 0.1) is 7.11 Å². The summed E-state index contributed by atoms with van der Waals surface area (Å²) in [6, 6.07) is 9.33. The van der Waals surface area contributed by atoms with Crippen molar-refractivity contribution in [1.29, 1.82) is 0 Å². The molecule has 0 aromatic heterocycles. The SMILES string of the molecule is COC1=C(N(C)c2ccccc2)OC(Cl)(Cl)C1=O. The van der Waals surface area contributed by atoms with Crippen LogP contribution in [0.25, 0.3) is 0 Å². The molecule has 4 nitrogen and oxygen atoms in total. The number of carbonyl (C=O) groups excluding carboxylic acids is 1. The van der Waals surface area contributed by atoms with Crippen LogP contribution in [0.5, 0.6) is 0 Å². The summed E-state index contributed by atoms with van der Waals surface area (Å²) in [5.74, 6) is -0.406. The van der Waals surface area contributed by atoms with Crippen LogP contribution in [0.4, 0.5) is 5.69 Å². The van der Waals surface area contributed by atoms with E-state index >= 15 is 0 Å². The summed E-state index contributed by atoms with van der Waals surface area (Å²) in [5.41, 5.74) is 0.820. The largest absolute Gasteiger partial charge is 0.489 e. The number of rotatable bonds is 3. The van der Waals surface area contributed by atoms with Gasteiger partial charge in [0.1, 0.15) is 0 Å². The number of benzene rings is 1. The van der Waals surface area contributed by atoms with E-state index in [1.54, 1.807) is 11.9 Å². The van der Waals surface area contributed by atoms with Gasteiger partial charge in [0.2, 0.25) is 11.6 Å². The number of ketones is 1. The van der Waals surface area contributed by atoms with Gasteiger partial charge in [-0.15, -0.1) is 0 Å². The van der Waals surface area contributed by atoms with Crippen LogP contribution in [0.15, 0.2) is 42.0 Å². The third-order valence-corrected chi connectivity index (χ3v) is 3.04. The highest BCUT2D eigenvalue weighted by Gasteiger charge is 2.49. The van der Waals surface area contributed by atoms with E-state index in [4.69, 9.17) is 32.7 Å². The number of carbonyl (C=O) groups is 1. The molecule has 0 saturated carbocycles. The average molecular weight is 288 g/mol. The number of methoxy groups -OCH3 is 1. The zero-order valence-corrected chi connectivity index (χ0v) is 11.3. The van der Waals surface area contributed by atoms with E-state index in [0.29, 0.717) is 0 Å². The molecule has 6 heteroatoms. The van der Waals surface area contributed by atoms with Gasteiger partial charge in [-0.3, -0.25) is 4.79 Å². The van der Waals surface area contributed by atoms with Gasteiger partial charge in [-0.05, 0) is 35.3 Å². The van der Waals surface area contributed by atoms with Crippen LogP contribution in [0.2, 0.25) is 0 Å². The van der Waals surface area contributed by atoms with E-state index in [9.17, 15) is 4.79 Å². The number of halogens is 2. The van der Waals surface area contributed by atoms with E-state index in [1.165, 1.54) is 7.11 Å². The minimum absolute atomic E-state index is 0.00588. The van der Waals surface area contributed by atoms with Crippen molar-refractivity contribution >= 4 is 34.7 Å². The number of nitrogens with zero attached hydrogens (tertiary/aromatic N) is 1. The van der Waals surface area contributed by atoms with Crippen LogP contribution in [0.1, 0.15) is 0 Å². The Kier molecular flexibility index (Phi) is 3.41. The highest BCUT2D eigenvalue weighted by atomic mass is 35.5. The van der Waals surface area contributed by atoms with Crippen LogP contribution in [0, 0.1) is 0 Å². The first-order chi connectivity index (χ1) is 8.47. The van der Waals surface area contributed by atoms with E-state index in [0.717, 1.165) is 5.69 Å². The van der Waals surface area contributed by atoms with Crippen LogP contribution in [-0.4, -0.2) is 24.5 Å². The molecule has 1 aromatic rings. The molecule has 2 rings (SSSR count). The molecule has 0 N–H and O–H groups in total. The number of para-hydroxylation sites is 1. The van der Waals surface area contributed by atoms with Crippen molar-refractivity contribution in [2.45, 2.75) is 4.52 Å². The van der Waals surface area contributed by atoms with Crippen molar-refractivity contribution in [3.63, 3.8) is 0 Å². The topological polar surface area (TPSA) is 38.8 Å². The number of hydrogen-bond acceptors (Lipinski definition) is 4. The molecule has 0 saturated heterocycles. The summed E-state index contributed by atoms with van der Waals surface area (Å²) in [6.07, 6.45) is 0. The molecule has 0 aliphatic carbocycles. The van der Waals surface area contributed by atoms with Crippen molar-refractivity contribution in [3.8, 4) is 0 Å². The monoisotopic (exact) mass is 287 g/mol. The van der Waals surface area contributed by atoms with Gasteiger partial charge in [-0.2, -0.15) is 0 Å². The zero-order chi connectivity index (χ0) is 13.3. The Hall–Kier alpha value is -1.39. The van der Waals surface area contributed by atoms with Gasteiger partial charge in [-0.25, -0.2) is 0 Å². The van der Waals surface area contributed by atoms with Gasteiger partial charge in [0.15, 0.2) is 0 Å². The fraction of sp³-hybridized carbons (Fsp3) is 0.250. The quantitative estimate of drug-likeness (QED) is 0.802. The Morgan fingerprint density at radius 1 is 1.28 bits per heavy atom. The van der Waals surface area contributed by atoms with Crippen LogP contribution in [-0.2, 0) is 14.3 Å². The highest BCUT2D eigenvalue weighted by Crippen LogP contribution is 2.39. The van der Waals surface area contributed by atoms with E-state index in [-0.39, 0.29) is 11.6 Å². The first-order valence-electron chi connectivity index (χ1n) is 5.16. The van der Waals surface area contributed by atoms with Gasteiger partial charge < -0.3 is 14.4 Å². The molecule has 96 valence electrons. The molecule has 0 fully saturated rings. The Bertz CT molecular complexity index is 499. The van der Waals surface area contributed by atoms with Crippen molar-refractivity contribution in [1.82, 2.24) is 0 Å². The predicted molar refractivity (Wildman–Crippen MR) is 69.4 cm³/mol. The second-order valence-electron chi connectivity index (χ2n) is 3.68. The Morgan fingerprint density at radius 2 is 1.89 bits per heavy atom. The molecular formula is C12H11Cl2NO3. The van der Waals surface area contributed by atoms with Crippen molar-refractivity contribution < 1.29 is 14.3 Å². The van der Waals surface area contributed by atoms with E-state index in [1.807, 2.05) is 30.3 Å². The number of hydrogen-bond donors (Lipinski definition) is 0. The molecule has 0 spiro atoms. The molecule has 1 aliphatic rings. The molecule has 1 heterocycles. The lowest BCUT2D eigenvalue weighted by molar-refractivity contribution is -0.122. The summed E-state index contributed by atoms with van der Waals surface area (Å²) in [4.78, 5) is 13.4. The third-order valence-electron chi connectivity index (χ3n) is 2.54. The smallest absolute Gasteiger partial charge is 0.327 e. The molecule has 0 bridgehead atoms. The van der Waals surface area contributed by atoms with Gasteiger partial charge in [-0.1, -0.05) is 18.2 Å². The maximum Gasteiger partial charge on any atom is 0.327 e. The van der Waals surface area contributed by atoms with E-state index in [2.05, 4.69) is 0 Å². The van der Waals surface area contributed by atoms with Gasteiger partial charge in [0.25, 0.3) is 5.78 Å². The summed E-state index contributed by atoms with van der Waals surface area (Å²) in [7, 11) is 3.09. The average Bonchev–Trinajstić information content (AvgIpc) is 2.60. The fourth-order valence-corrected chi connectivity index (χ4v) is 1.93. The number of anilines is 1. The maximum absolute atomic E-state index is 11.8. The Morgan fingerprint density at radius 3 is 2.44 bits per heavy atom. The molecule has 0 amide bonds. The Labute approximate surface area is 115 Å². The normalized spacial score (nSPS) is 17.7. The maximum atomic E-state index is 11.8. The van der Waals surface area contributed by atoms with Gasteiger partial charge >= 0.3 is 4.52 Å². The third kappa shape index (κ3) is 2.13. The lowest BCUT2D eigenvalue weighted by Gasteiger charge is -2.21. The van der Waals surface area contributed by atoms with Crippen molar-refractivity contribution in [3.05, 3.63) is 42.0 Å². The summed E-state index contributed by atoms with van der Waals surface area (Å²) in [6.45, 7) is 0. The lowest BCUT2D eigenvalue weighted by Crippen LogP contribution is -2.24. The number of ether oxygens (including phenoxy) is 2. The molecule has 0 radical (unpaired) electrons. The van der Waals surface area contributed by atoms with Gasteiger partial charge in [0, 0.05) is 12.7 Å². The van der Waals surface area contributed by atoms with Crippen LogP contribution in [0.3, 0.4) is 0 Å². The number of alkyl halides is 2. The molecule has 1 aliphatic heterocycles. The molecule has 0 atom stereocenters. The van der Waals surface area contributed by atoms with Crippen molar-refractivity contribution in [2.24, 2.45) is 0 Å². The predicted octanol–water partition coefficient (Wildman–Crippen LogP) is 2.67. The first-order valence-corrected chi connectivity index (χ1v) is 5.91. The second kappa shape index (κ2) is 4.71. The summed E-state index contributed by atoms with van der Waals surface area (Å²) in [5, 5.41) is 0. The molecule has 0 unspecified atom stereocenters. The summed E-state index contributed by atoms with van der Waals surface area (Å²) < 4.78 is 8.32. The molecular weight excluding hydrogens is 277 g/mol. The minimum Gasteiger partial charge on any atom is -0.489 e. The molecule has 18 heavy (non-hydrogen) atoms. The van der Waals surface area contributed by atoms with E-state index < -0.39 is 10.3 Å². The standard InChI is InChI=1S/C12H11Cl2NO3/c1-15(8-6-4-3-5-7-8)11-9(17-2)10(16)12(13,14)18-11/h3-7H,1-2H3. The Balaban J connectivity index is 2.38. The minimum atomic E-state index is -1.93. The second-order valence-corrected chi connectivity index (χ2v) is 4.94. The summed E-state index contributed by atoms with van der Waals surface area (Å²) >= 11 is 11.5. The van der Waals surface area contributed by atoms with Crippen LogP contribution >= 0.6 is 23.2 Å². The lowest BCUT2D eigenvalue weighted by atomic mass is 10.3. The molecule has 1 aromatic carbocycles. The fourth-order valence-electron chi connectivity index (χ4n) is 1.61. The zero-order valence-electron chi connectivity index (χ0n) is 9.81. The highest BCUT2D eigenvalue weighted by molar-refractivity contribution is 6.59. The van der Waals surface area contributed by atoms with Crippen molar-refractivity contribution in [2.75, 3.05) is 19.1 Å². The number of Topliss-reactive ketones (excluding diaryl/α,β-unsaturated/α-hetero) is 1.